The van der Waals surface area contributed by atoms with Crippen LogP contribution in [0.3, 0.4) is 0 Å². The van der Waals surface area contributed by atoms with Crippen molar-refractivity contribution in [2.75, 3.05) is 19.5 Å². The van der Waals surface area contributed by atoms with Crippen LogP contribution in [0, 0.1) is 5.41 Å². The first-order valence-electron chi connectivity index (χ1n) is 7.99. The van der Waals surface area contributed by atoms with Crippen molar-refractivity contribution in [1.82, 2.24) is 0 Å². The number of anilines is 1. The fourth-order valence-electron chi connectivity index (χ4n) is 3.80. The van der Waals surface area contributed by atoms with Gasteiger partial charge in [0.2, 0.25) is 0 Å². The van der Waals surface area contributed by atoms with Gasteiger partial charge in [-0.1, -0.05) is 12.8 Å². The number of nitrogens with two attached hydrogens (primary N) is 1. The molecule has 0 heterocycles. The monoisotopic (exact) mass is 431 g/mol. The van der Waals surface area contributed by atoms with Gasteiger partial charge in [0.1, 0.15) is 11.5 Å². The fourth-order valence-corrected chi connectivity index (χ4v) is 3.80. The number of nitrogens with zero attached hydrogens (tertiary/aromatic N) is 1. The molecule has 0 aliphatic heterocycles. The molecule has 128 valence electrons. The summed E-state index contributed by atoms with van der Waals surface area (Å²) in [5, 5.41) is 3.16. The van der Waals surface area contributed by atoms with Gasteiger partial charge < -0.3 is 20.5 Å². The summed E-state index contributed by atoms with van der Waals surface area (Å²) < 4.78 is 10.6. The third-order valence-corrected chi connectivity index (χ3v) is 5.19. The molecule has 3 N–H and O–H groups in total. The van der Waals surface area contributed by atoms with E-state index in [1.807, 2.05) is 18.2 Å². The van der Waals surface area contributed by atoms with E-state index in [-0.39, 0.29) is 24.0 Å². The molecule has 1 aromatic carbocycles. The molecular weight excluding hydrogens is 405 g/mol. The summed E-state index contributed by atoms with van der Waals surface area (Å²) in [4.78, 5) is 4.73. The molecule has 0 saturated heterocycles. The van der Waals surface area contributed by atoms with Gasteiger partial charge in [-0.25, -0.2) is 4.99 Å². The number of halogens is 1. The average molecular weight is 431 g/mol. The first kappa shape index (κ1) is 18.2. The molecule has 2 aliphatic rings. The standard InChI is InChI=1S/C17H25N3O2.HI/c1-21-12-5-6-14(22-2)13(11-12)19-16(18)20-15-7-10-17(15)8-3-4-9-17;/h5-6,11,15H,3-4,7-10H2,1-2H3,(H3,18,19,20);1H. The number of guanidine groups is 1. The molecule has 1 spiro atoms. The number of hydrogen-bond donors (Lipinski definition) is 2. The van der Waals surface area contributed by atoms with Gasteiger partial charge in [-0.3, -0.25) is 0 Å². The summed E-state index contributed by atoms with van der Waals surface area (Å²) >= 11 is 0. The Labute approximate surface area is 155 Å². The Bertz CT molecular complexity index is 571. The van der Waals surface area contributed by atoms with Crippen LogP contribution in [0.5, 0.6) is 11.5 Å². The molecule has 0 radical (unpaired) electrons. The zero-order valence-electron chi connectivity index (χ0n) is 13.8. The van der Waals surface area contributed by atoms with Crippen LogP contribution in [0.2, 0.25) is 0 Å². The molecule has 1 unspecified atom stereocenters. The van der Waals surface area contributed by atoms with Gasteiger partial charge in [0.15, 0.2) is 5.96 Å². The summed E-state index contributed by atoms with van der Waals surface area (Å²) in [6.45, 7) is 0. The van der Waals surface area contributed by atoms with E-state index in [9.17, 15) is 0 Å². The van der Waals surface area contributed by atoms with Crippen LogP contribution < -0.4 is 20.5 Å². The zero-order chi connectivity index (χ0) is 15.6. The summed E-state index contributed by atoms with van der Waals surface area (Å²) in [6.07, 6.45) is 7.73. The van der Waals surface area contributed by atoms with Gasteiger partial charge in [0, 0.05) is 6.07 Å². The second-order valence-electron chi connectivity index (χ2n) is 6.33. The largest absolute Gasteiger partial charge is 0.497 e. The van der Waals surface area contributed by atoms with Crippen molar-refractivity contribution >= 4 is 35.6 Å². The number of benzene rings is 1. The van der Waals surface area contributed by atoms with E-state index in [0.717, 1.165) is 23.6 Å². The van der Waals surface area contributed by atoms with Crippen molar-refractivity contribution in [2.24, 2.45) is 16.1 Å². The highest BCUT2D eigenvalue weighted by atomic mass is 127. The molecule has 0 aromatic heterocycles. The highest BCUT2D eigenvalue weighted by molar-refractivity contribution is 14.0. The molecule has 2 aliphatic carbocycles. The number of aliphatic imine (C=N–C) groups is 1. The Morgan fingerprint density at radius 2 is 1.96 bits per heavy atom. The number of methoxy groups -OCH3 is 2. The highest BCUT2D eigenvalue weighted by Crippen LogP contribution is 2.54. The minimum atomic E-state index is 0. The number of ether oxygens (including phenoxy) is 2. The van der Waals surface area contributed by atoms with Crippen molar-refractivity contribution in [3.8, 4) is 11.5 Å². The van der Waals surface area contributed by atoms with Crippen LogP contribution >= 0.6 is 24.0 Å². The van der Waals surface area contributed by atoms with E-state index in [0.29, 0.717) is 17.4 Å². The van der Waals surface area contributed by atoms with Crippen LogP contribution in [-0.2, 0) is 0 Å². The van der Waals surface area contributed by atoms with Gasteiger partial charge >= 0.3 is 0 Å². The van der Waals surface area contributed by atoms with E-state index in [1.54, 1.807) is 14.2 Å². The van der Waals surface area contributed by atoms with E-state index in [1.165, 1.54) is 32.1 Å². The number of rotatable bonds is 4. The maximum Gasteiger partial charge on any atom is 0.193 e. The van der Waals surface area contributed by atoms with E-state index in [2.05, 4.69) is 5.32 Å². The van der Waals surface area contributed by atoms with E-state index >= 15 is 0 Å². The molecule has 2 saturated carbocycles. The molecule has 2 fully saturated rings. The van der Waals surface area contributed by atoms with Crippen LogP contribution in [0.25, 0.3) is 0 Å². The van der Waals surface area contributed by atoms with Gasteiger partial charge in [-0.05, 0) is 43.2 Å². The minimum Gasteiger partial charge on any atom is -0.497 e. The lowest BCUT2D eigenvalue weighted by Gasteiger charge is -2.45. The third kappa shape index (κ3) is 3.67. The van der Waals surface area contributed by atoms with Gasteiger partial charge in [0.05, 0.1) is 25.9 Å². The molecule has 0 bridgehead atoms. The summed E-state index contributed by atoms with van der Waals surface area (Å²) in [6, 6.07) is 5.96. The van der Waals surface area contributed by atoms with E-state index < -0.39 is 0 Å². The van der Waals surface area contributed by atoms with Crippen LogP contribution in [-0.4, -0.2) is 26.2 Å². The normalized spacial score (nSPS) is 22.2. The highest BCUT2D eigenvalue weighted by Gasteiger charge is 2.48. The lowest BCUT2D eigenvalue weighted by molar-refractivity contribution is 0.104. The molecule has 0 amide bonds. The van der Waals surface area contributed by atoms with Crippen LogP contribution in [0.4, 0.5) is 5.69 Å². The second-order valence-corrected chi connectivity index (χ2v) is 6.33. The summed E-state index contributed by atoms with van der Waals surface area (Å²) in [7, 11) is 3.28. The molecule has 1 atom stereocenters. The summed E-state index contributed by atoms with van der Waals surface area (Å²) in [5.41, 5.74) is 7.34. The van der Waals surface area contributed by atoms with Crippen molar-refractivity contribution in [2.45, 2.75) is 44.6 Å². The lowest BCUT2D eigenvalue weighted by atomic mass is 9.63. The first-order valence-corrected chi connectivity index (χ1v) is 7.99. The number of nitrogens with one attached hydrogen (secondary N) is 1. The lowest BCUT2D eigenvalue weighted by Crippen LogP contribution is -2.43. The first-order chi connectivity index (χ1) is 10.7. The quantitative estimate of drug-likeness (QED) is 0.433. The maximum absolute atomic E-state index is 6.12. The Balaban J connectivity index is 0.00000192. The molecule has 1 aromatic rings. The smallest absolute Gasteiger partial charge is 0.193 e. The van der Waals surface area contributed by atoms with Crippen LogP contribution in [0.1, 0.15) is 38.5 Å². The van der Waals surface area contributed by atoms with Gasteiger partial charge in [-0.2, -0.15) is 0 Å². The predicted octanol–water partition coefficient (Wildman–Crippen LogP) is 3.77. The number of hydrogen-bond acceptors (Lipinski definition) is 3. The average Bonchev–Trinajstić information content (AvgIpc) is 3.04. The van der Waals surface area contributed by atoms with Crippen molar-refractivity contribution in [3.05, 3.63) is 18.2 Å². The molecule has 6 heteroatoms. The molecule has 23 heavy (non-hydrogen) atoms. The second kappa shape index (κ2) is 7.59. The van der Waals surface area contributed by atoms with E-state index in [4.69, 9.17) is 20.2 Å². The third-order valence-electron chi connectivity index (χ3n) is 5.19. The Morgan fingerprint density at radius 3 is 2.52 bits per heavy atom. The molecule has 3 rings (SSSR count). The Kier molecular flexibility index (Phi) is 6.00. The van der Waals surface area contributed by atoms with Crippen molar-refractivity contribution in [3.63, 3.8) is 0 Å². The zero-order valence-corrected chi connectivity index (χ0v) is 16.1. The van der Waals surface area contributed by atoms with Crippen LogP contribution in [0.15, 0.2) is 23.2 Å². The Hall–Kier alpha value is -1.18. The molecular formula is C17H26IN3O2. The molecule has 5 nitrogen and oxygen atoms in total. The maximum atomic E-state index is 6.12. The summed E-state index contributed by atoms with van der Waals surface area (Å²) in [5.74, 6) is 1.94. The topological polar surface area (TPSA) is 68.9 Å². The van der Waals surface area contributed by atoms with Gasteiger partial charge in [0.25, 0.3) is 0 Å². The van der Waals surface area contributed by atoms with Gasteiger partial charge in [-0.15, -0.1) is 24.0 Å². The minimum absolute atomic E-state index is 0. The van der Waals surface area contributed by atoms with Crippen molar-refractivity contribution in [1.29, 1.82) is 0 Å². The SMILES string of the molecule is COc1ccc(OC)c(NC(N)=NC2CCC23CCCC3)c1.I. The predicted molar refractivity (Wildman–Crippen MR) is 104 cm³/mol. The Morgan fingerprint density at radius 1 is 1.22 bits per heavy atom. The van der Waals surface area contributed by atoms with Crippen molar-refractivity contribution < 1.29 is 9.47 Å². The fraction of sp³-hybridized carbons (Fsp3) is 0.588.